The molecule has 7 heteroatoms. The summed E-state index contributed by atoms with van der Waals surface area (Å²) in [6, 6.07) is 17.3. The third-order valence-corrected chi connectivity index (χ3v) is 5.76. The molecule has 0 aliphatic carbocycles. The van der Waals surface area contributed by atoms with Crippen molar-refractivity contribution in [3.05, 3.63) is 60.2 Å². The monoisotopic (exact) mass is 424 g/mol. The summed E-state index contributed by atoms with van der Waals surface area (Å²) < 4.78 is 0. The molecule has 2 aromatic carbocycles. The molecule has 0 radical (unpaired) electrons. The number of aliphatic carboxylic acids is 2. The van der Waals surface area contributed by atoms with E-state index in [4.69, 9.17) is 5.11 Å². The third kappa shape index (κ3) is 6.07. The number of carbonyl (C=O) groups excluding carboxylic acids is 1. The first-order valence-electron chi connectivity index (χ1n) is 10.5. The zero-order valence-corrected chi connectivity index (χ0v) is 17.5. The van der Waals surface area contributed by atoms with E-state index in [0.717, 1.165) is 16.7 Å². The third-order valence-electron chi connectivity index (χ3n) is 5.76. The van der Waals surface area contributed by atoms with E-state index in [1.54, 1.807) is 6.92 Å². The van der Waals surface area contributed by atoms with Crippen molar-refractivity contribution in [3.8, 4) is 11.1 Å². The normalized spacial score (nSPS) is 17.7. The van der Waals surface area contributed by atoms with Crippen LogP contribution in [0.5, 0.6) is 0 Å². The maximum absolute atomic E-state index is 12.7. The van der Waals surface area contributed by atoms with Crippen LogP contribution < -0.4 is 5.32 Å². The number of carbonyl (C=O) groups is 3. The van der Waals surface area contributed by atoms with Gasteiger partial charge in [0.2, 0.25) is 0 Å². The molecule has 1 fully saturated rings. The molecule has 1 heterocycles. The highest BCUT2D eigenvalue weighted by molar-refractivity contribution is 5.78. The Hall–Kier alpha value is -3.35. The quantitative estimate of drug-likeness (QED) is 0.601. The highest BCUT2D eigenvalue weighted by atomic mass is 16.4. The van der Waals surface area contributed by atoms with Gasteiger partial charge < -0.3 is 20.4 Å². The lowest BCUT2D eigenvalue weighted by Gasteiger charge is -2.25. The molecule has 164 valence electrons. The summed E-state index contributed by atoms with van der Waals surface area (Å²) in [5.74, 6) is -2.97. The zero-order valence-electron chi connectivity index (χ0n) is 17.5. The van der Waals surface area contributed by atoms with Gasteiger partial charge in [-0.1, -0.05) is 61.5 Å². The molecular weight excluding hydrogens is 396 g/mol. The topological polar surface area (TPSA) is 107 Å². The molecule has 0 spiro atoms. The van der Waals surface area contributed by atoms with E-state index in [0.29, 0.717) is 19.4 Å². The second kappa shape index (κ2) is 10.1. The highest BCUT2D eigenvalue weighted by Gasteiger charge is 2.32. The highest BCUT2D eigenvalue weighted by Crippen LogP contribution is 2.21. The van der Waals surface area contributed by atoms with Gasteiger partial charge in [0.05, 0.1) is 11.8 Å². The van der Waals surface area contributed by atoms with Gasteiger partial charge in [0, 0.05) is 19.1 Å². The fourth-order valence-corrected chi connectivity index (χ4v) is 3.88. The number of carboxylic acids is 2. The first-order chi connectivity index (χ1) is 14.8. The number of amides is 2. The average Bonchev–Trinajstić information content (AvgIpc) is 3.25. The van der Waals surface area contributed by atoms with E-state index in [2.05, 4.69) is 5.32 Å². The van der Waals surface area contributed by atoms with Gasteiger partial charge >= 0.3 is 18.0 Å². The van der Waals surface area contributed by atoms with Gasteiger partial charge in [0.1, 0.15) is 0 Å². The fourth-order valence-electron chi connectivity index (χ4n) is 3.88. The first kappa shape index (κ1) is 22.3. The Morgan fingerprint density at radius 1 is 1.03 bits per heavy atom. The minimum atomic E-state index is -0.911. The molecule has 1 unspecified atom stereocenters. The number of nitrogens with one attached hydrogen (secondary N) is 1. The van der Waals surface area contributed by atoms with Crippen molar-refractivity contribution in [2.75, 3.05) is 13.1 Å². The van der Waals surface area contributed by atoms with Crippen LogP contribution in [0.4, 0.5) is 4.79 Å². The Kier molecular flexibility index (Phi) is 7.28. The standard InChI is InChI=1S/C24H28N2O5/c1-16(22(27)28)13-21(25-24(31)26-12-11-20(15-26)23(29)30)14-17-7-9-19(10-8-17)18-5-3-2-4-6-18/h2-10,16,20-21H,11-15H2,1H3,(H,25,31)(H,27,28)(H,29,30)/t16-,20-,21?/m1/s1. The molecule has 7 nitrogen and oxygen atoms in total. The molecule has 1 aliphatic heterocycles. The molecule has 0 saturated carbocycles. The van der Waals surface area contributed by atoms with Crippen molar-refractivity contribution in [1.29, 1.82) is 0 Å². The number of likely N-dealkylation sites (tertiary alicyclic amines) is 1. The summed E-state index contributed by atoms with van der Waals surface area (Å²) in [5, 5.41) is 21.4. The van der Waals surface area contributed by atoms with Gasteiger partial charge in [-0.05, 0) is 36.0 Å². The van der Waals surface area contributed by atoms with Crippen LogP contribution in [0.2, 0.25) is 0 Å². The van der Waals surface area contributed by atoms with Gasteiger partial charge in [0.25, 0.3) is 0 Å². The van der Waals surface area contributed by atoms with E-state index >= 15 is 0 Å². The van der Waals surface area contributed by atoms with Crippen LogP contribution >= 0.6 is 0 Å². The number of benzene rings is 2. The Balaban J connectivity index is 1.68. The number of nitrogens with zero attached hydrogens (tertiary/aromatic N) is 1. The van der Waals surface area contributed by atoms with E-state index in [9.17, 15) is 19.5 Å². The molecule has 0 bridgehead atoms. The maximum Gasteiger partial charge on any atom is 0.317 e. The minimum Gasteiger partial charge on any atom is -0.481 e. The van der Waals surface area contributed by atoms with Gasteiger partial charge in [-0.15, -0.1) is 0 Å². The van der Waals surface area contributed by atoms with Crippen molar-refractivity contribution in [2.45, 2.75) is 32.2 Å². The smallest absolute Gasteiger partial charge is 0.317 e. The van der Waals surface area contributed by atoms with E-state index in [1.807, 2.05) is 54.6 Å². The Bertz CT molecular complexity index is 913. The minimum absolute atomic E-state index is 0.175. The summed E-state index contributed by atoms with van der Waals surface area (Å²) in [5.41, 5.74) is 3.19. The fraction of sp³-hybridized carbons (Fsp3) is 0.375. The van der Waals surface area contributed by atoms with E-state index < -0.39 is 23.8 Å². The van der Waals surface area contributed by atoms with Crippen molar-refractivity contribution in [3.63, 3.8) is 0 Å². The van der Waals surface area contributed by atoms with Gasteiger partial charge in [-0.3, -0.25) is 9.59 Å². The maximum atomic E-state index is 12.7. The number of hydrogen-bond donors (Lipinski definition) is 3. The predicted molar refractivity (Wildman–Crippen MR) is 117 cm³/mol. The van der Waals surface area contributed by atoms with E-state index in [-0.39, 0.29) is 25.0 Å². The molecule has 1 saturated heterocycles. The average molecular weight is 424 g/mol. The summed E-state index contributed by atoms with van der Waals surface area (Å²) in [6.07, 6.45) is 1.21. The molecule has 2 amide bonds. The largest absolute Gasteiger partial charge is 0.481 e. The number of hydrogen-bond acceptors (Lipinski definition) is 3. The molecule has 1 aliphatic rings. The van der Waals surface area contributed by atoms with Gasteiger partial charge in [-0.25, -0.2) is 4.79 Å². The van der Waals surface area contributed by atoms with Crippen LogP contribution in [-0.2, 0) is 16.0 Å². The molecule has 3 atom stereocenters. The van der Waals surface area contributed by atoms with Crippen molar-refractivity contribution >= 4 is 18.0 Å². The number of rotatable bonds is 8. The van der Waals surface area contributed by atoms with Crippen LogP contribution in [0.3, 0.4) is 0 Å². The molecule has 3 rings (SSSR count). The Morgan fingerprint density at radius 3 is 2.26 bits per heavy atom. The summed E-state index contributed by atoms with van der Waals surface area (Å²) in [7, 11) is 0. The Morgan fingerprint density at radius 2 is 1.68 bits per heavy atom. The van der Waals surface area contributed by atoms with Crippen LogP contribution in [0.15, 0.2) is 54.6 Å². The van der Waals surface area contributed by atoms with Gasteiger partial charge in [-0.2, -0.15) is 0 Å². The SMILES string of the molecule is C[C@H](CC(Cc1ccc(-c2ccccc2)cc1)NC(=O)N1CC[C@@H](C(=O)O)C1)C(=O)O. The molecule has 31 heavy (non-hydrogen) atoms. The van der Waals surface area contributed by atoms with Crippen LogP contribution in [0, 0.1) is 11.8 Å². The molecule has 0 aromatic heterocycles. The van der Waals surface area contributed by atoms with Gasteiger partial charge in [0.15, 0.2) is 0 Å². The molecule has 2 aromatic rings. The predicted octanol–water partition coefficient (Wildman–Crippen LogP) is 3.49. The second-order valence-electron chi connectivity index (χ2n) is 8.16. The van der Waals surface area contributed by atoms with Crippen molar-refractivity contribution in [1.82, 2.24) is 10.2 Å². The molecule has 3 N–H and O–H groups in total. The second-order valence-corrected chi connectivity index (χ2v) is 8.16. The van der Waals surface area contributed by atoms with Crippen LogP contribution in [-0.4, -0.2) is 52.2 Å². The number of carboxylic acid groups (broad SMARTS) is 2. The van der Waals surface area contributed by atoms with Crippen molar-refractivity contribution < 1.29 is 24.6 Å². The first-order valence-corrected chi connectivity index (χ1v) is 10.5. The molecular formula is C24H28N2O5. The number of urea groups is 1. The summed E-state index contributed by atoms with van der Waals surface area (Å²) in [4.78, 5) is 36.7. The Labute approximate surface area is 181 Å². The van der Waals surface area contributed by atoms with Crippen LogP contribution in [0.1, 0.15) is 25.3 Å². The van der Waals surface area contributed by atoms with Crippen LogP contribution in [0.25, 0.3) is 11.1 Å². The lowest BCUT2D eigenvalue weighted by Crippen LogP contribution is -2.46. The lowest BCUT2D eigenvalue weighted by molar-refractivity contribution is -0.142. The lowest BCUT2D eigenvalue weighted by atomic mass is 9.95. The van der Waals surface area contributed by atoms with Crippen molar-refractivity contribution in [2.24, 2.45) is 11.8 Å². The van der Waals surface area contributed by atoms with E-state index in [1.165, 1.54) is 4.90 Å². The summed E-state index contributed by atoms with van der Waals surface area (Å²) in [6.45, 7) is 2.18. The summed E-state index contributed by atoms with van der Waals surface area (Å²) >= 11 is 0. The zero-order chi connectivity index (χ0) is 22.4.